The van der Waals surface area contributed by atoms with Gasteiger partial charge in [0.1, 0.15) is 0 Å². The Hall–Kier alpha value is -2.51. The van der Waals surface area contributed by atoms with Crippen LogP contribution in [0.25, 0.3) is 0 Å². The lowest BCUT2D eigenvalue weighted by Gasteiger charge is -2.22. The van der Waals surface area contributed by atoms with Crippen LogP contribution >= 0.6 is 0 Å². The SMILES string of the molecule is CCN1C(=O)c2ccccc2[S@@](=O)c2ccc(C(=O)NCCN3CCCCCC3)cc21. The Morgan fingerprint density at radius 1 is 1.03 bits per heavy atom. The molecule has 1 N–H and O–H groups in total. The smallest absolute Gasteiger partial charge is 0.259 e. The number of benzene rings is 2. The van der Waals surface area contributed by atoms with E-state index in [0.717, 1.165) is 19.6 Å². The van der Waals surface area contributed by atoms with Crippen LogP contribution in [-0.2, 0) is 10.8 Å². The fourth-order valence-electron chi connectivity index (χ4n) is 4.31. The number of anilines is 1. The number of rotatable bonds is 5. The van der Waals surface area contributed by atoms with Gasteiger partial charge in [-0.1, -0.05) is 25.0 Å². The van der Waals surface area contributed by atoms with E-state index in [-0.39, 0.29) is 11.8 Å². The zero-order valence-corrected chi connectivity index (χ0v) is 18.7. The third-order valence-electron chi connectivity index (χ3n) is 6.00. The Bertz CT molecular complexity index is 999. The maximum atomic E-state index is 13.2. The molecule has 0 radical (unpaired) electrons. The van der Waals surface area contributed by atoms with E-state index in [4.69, 9.17) is 0 Å². The summed E-state index contributed by atoms with van der Waals surface area (Å²) in [7, 11) is -1.48. The molecule has 4 rings (SSSR count). The molecule has 0 saturated carbocycles. The fraction of sp³-hybridized carbons (Fsp3) is 0.417. The van der Waals surface area contributed by atoms with E-state index in [9.17, 15) is 13.8 Å². The highest BCUT2D eigenvalue weighted by atomic mass is 32.2. The van der Waals surface area contributed by atoms with Gasteiger partial charge in [0.25, 0.3) is 11.8 Å². The largest absolute Gasteiger partial charge is 0.351 e. The first kappa shape index (κ1) is 21.7. The van der Waals surface area contributed by atoms with Crippen molar-refractivity contribution in [3.63, 3.8) is 0 Å². The first-order chi connectivity index (χ1) is 15.1. The number of likely N-dealkylation sites (tertiary alicyclic amines) is 1. The number of nitrogens with one attached hydrogen (secondary N) is 1. The van der Waals surface area contributed by atoms with Gasteiger partial charge in [-0.2, -0.15) is 0 Å². The Balaban J connectivity index is 1.53. The first-order valence-corrected chi connectivity index (χ1v) is 12.2. The highest BCUT2D eigenvalue weighted by molar-refractivity contribution is 7.85. The summed E-state index contributed by atoms with van der Waals surface area (Å²) in [6, 6.07) is 12.1. The molecule has 164 valence electrons. The maximum Gasteiger partial charge on any atom is 0.259 e. The number of fused-ring (bicyclic) bond motifs is 2. The molecular weight excluding hydrogens is 410 g/mol. The summed E-state index contributed by atoms with van der Waals surface area (Å²) >= 11 is 0. The Labute approximate surface area is 186 Å². The van der Waals surface area contributed by atoms with Crippen LogP contribution in [0.15, 0.2) is 52.3 Å². The van der Waals surface area contributed by atoms with Crippen LogP contribution in [0, 0.1) is 0 Å². The Morgan fingerprint density at radius 2 is 1.77 bits per heavy atom. The molecular formula is C24H29N3O3S. The summed E-state index contributed by atoms with van der Waals surface area (Å²) < 4.78 is 13.2. The number of hydrogen-bond acceptors (Lipinski definition) is 4. The molecule has 1 atom stereocenters. The normalized spacial score (nSPS) is 19.2. The van der Waals surface area contributed by atoms with E-state index in [0.29, 0.717) is 39.7 Å². The second-order valence-electron chi connectivity index (χ2n) is 8.01. The summed E-state index contributed by atoms with van der Waals surface area (Å²) in [5.74, 6) is -0.363. The number of carbonyl (C=O) groups is 2. The first-order valence-electron chi connectivity index (χ1n) is 11.1. The molecule has 0 aromatic heterocycles. The van der Waals surface area contributed by atoms with Gasteiger partial charge in [0.15, 0.2) is 0 Å². The molecule has 0 aliphatic carbocycles. The fourth-order valence-corrected chi connectivity index (χ4v) is 5.65. The van der Waals surface area contributed by atoms with Gasteiger partial charge in [-0.05, 0) is 63.2 Å². The Kier molecular flexibility index (Phi) is 6.83. The van der Waals surface area contributed by atoms with Gasteiger partial charge in [-0.3, -0.25) is 9.59 Å². The molecule has 0 spiro atoms. The zero-order valence-electron chi connectivity index (χ0n) is 17.9. The molecule has 2 aliphatic rings. The quantitative estimate of drug-likeness (QED) is 0.775. The second kappa shape index (κ2) is 9.75. The van der Waals surface area contributed by atoms with Crippen LogP contribution < -0.4 is 10.2 Å². The average Bonchev–Trinajstić information content (AvgIpc) is 3.11. The molecule has 31 heavy (non-hydrogen) atoms. The van der Waals surface area contributed by atoms with Gasteiger partial charge in [-0.25, -0.2) is 4.21 Å². The number of amides is 2. The van der Waals surface area contributed by atoms with Crippen LogP contribution in [-0.4, -0.2) is 53.6 Å². The molecule has 2 aromatic carbocycles. The van der Waals surface area contributed by atoms with Gasteiger partial charge in [0, 0.05) is 25.2 Å². The summed E-state index contributed by atoms with van der Waals surface area (Å²) in [5, 5.41) is 3.00. The van der Waals surface area contributed by atoms with E-state index >= 15 is 0 Å². The highest BCUT2D eigenvalue weighted by Gasteiger charge is 2.30. The van der Waals surface area contributed by atoms with E-state index in [1.165, 1.54) is 25.7 Å². The van der Waals surface area contributed by atoms with Crippen LogP contribution in [0.2, 0.25) is 0 Å². The summed E-state index contributed by atoms with van der Waals surface area (Å²) in [5.41, 5.74) is 1.47. The molecule has 6 nitrogen and oxygen atoms in total. The molecule has 2 aliphatic heterocycles. The number of nitrogens with zero attached hydrogens (tertiary/aromatic N) is 2. The predicted molar refractivity (Wildman–Crippen MR) is 122 cm³/mol. The minimum absolute atomic E-state index is 0.173. The number of hydrogen-bond donors (Lipinski definition) is 1. The van der Waals surface area contributed by atoms with E-state index in [1.54, 1.807) is 47.4 Å². The van der Waals surface area contributed by atoms with Crippen molar-refractivity contribution in [3.05, 3.63) is 53.6 Å². The topological polar surface area (TPSA) is 69.7 Å². The molecule has 1 saturated heterocycles. The molecule has 0 bridgehead atoms. The van der Waals surface area contributed by atoms with Crippen molar-refractivity contribution in [3.8, 4) is 0 Å². The molecule has 2 aromatic rings. The highest BCUT2D eigenvalue weighted by Crippen LogP contribution is 2.35. The van der Waals surface area contributed by atoms with E-state index in [1.807, 2.05) is 6.92 Å². The third-order valence-corrected chi connectivity index (χ3v) is 7.50. The van der Waals surface area contributed by atoms with Crippen molar-refractivity contribution in [2.45, 2.75) is 42.4 Å². The average molecular weight is 440 g/mol. The van der Waals surface area contributed by atoms with E-state index < -0.39 is 10.8 Å². The van der Waals surface area contributed by atoms with Crippen LogP contribution in [0.5, 0.6) is 0 Å². The van der Waals surface area contributed by atoms with Crippen molar-refractivity contribution in [1.29, 1.82) is 0 Å². The lowest BCUT2D eigenvalue weighted by atomic mass is 10.1. The van der Waals surface area contributed by atoms with Crippen molar-refractivity contribution in [2.75, 3.05) is 37.6 Å². The summed E-state index contributed by atoms with van der Waals surface area (Å²) in [6.07, 6.45) is 5.02. The Morgan fingerprint density at radius 3 is 2.52 bits per heavy atom. The van der Waals surface area contributed by atoms with Gasteiger partial charge >= 0.3 is 0 Å². The molecule has 0 unspecified atom stereocenters. The molecule has 7 heteroatoms. The lowest BCUT2D eigenvalue weighted by Crippen LogP contribution is -2.35. The van der Waals surface area contributed by atoms with Crippen molar-refractivity contribution >= 4 is 28.3 Å². The van der Waals surface area contributed by atoms with Crippen molar-refractivity contribution < 1.29 is 13.8 Å². The zero-order chi connectivity index (χ0) is 21.8. The minimum Gasteiger partial charge on any atom is -0.351 e. The van der Waals surface area contributed by atoms with E-state index in [2.05, 4.69) is 10.2 Å². The molecule has 1 fully saturated rings. The second-order valence-corrected chi connectivity index (χ2v) is 9.43. The van der Waals surface area contributed by atoms with Crippen molar-refractivity contribution in [1.82, 2.24) is 10.2 Å². The van der Waals surface area contributed by atoms with Gasteiger partial charge < -0.3 is 15.1 Å². The van der Waals surface area contributed by atoms with Crippen molar-refractivity contribution in [2.24, 2.45) is 0 Å². The van der Waals surface area contributed by atoms with Gasteiger partial charge in [0.2, 0.25) is 0 Å². The summed E-state index contributed by atoms with van der Waals surface area (Å²) in [6.45, 7) is 5.92. The standard InChI is InChI=1S/C24H29N3O3S/c1-2-27-20-17-18(23(28)25-13-16-26-14-7-3-4-8-15-26)11-12-22(20)31(30)21-10-6-5-9-19(21)24(27)29/h5-6,9-12,17H,2-4,7-8,13-16H2,1H3,(H,25,28)/t31-/m1/s1. The van der Waals surface area contributed by atoms with Crippen LogP contribution in [0.4, 0.5) is 5.69 Å². The summed E-state index contributed by atoms with van der Waals surface area (Å²) in [4.78, 5) is 31.0. The predicted octanol–water partition coefficient (Wildman–Crippen LogP) is 3.44. The van der Waals surface area contributed by atoms with Gasteiger partial charge in [-0.15, -0.1) is 0 Å². The molecule has 2 heterocycles. The third kappa shape index (κ3) is 4.57. The number of carbonyl (C=O) groups excluding carboxylic acids is 2. The monoisotopic (exact) mass is 439 g/mol. The maximum absolute atomic E-state index is 13.2. The minimum atomic E-state index is -1.48. The van der Waals surface area contributed by atoms with Gasteiger partial charge in [0.05, 0.1) is 31.8 Å². The molecule has 2 amide bonds. The lowest BCUT2D eigenvalue weighted by molar-refractivity contribution is 0.0945. The van der Waals surface area contributed by atoms with Crippen LogP contribution in [0.1, 0.15) is 53.3 Å². The van der Waals surface area contributed by atoms with Crippen LogP contribution in [0.3, 0.4) is 0 Å².